The standard InChI is InChI=1S/C24H31N5O2/c1-23(2,3)29-14-16(10-20(29)30)22(31)28-19-12-24(4,5)11-18-17(19)13-26-21(27-18)15-6-8-25-9-7-15/h6-9,13,16,19H,10-12,14H2,1-5H3,(H,28,31). The first-order valence-electron chi connectivity index (χ1n) is 10.9. The van der Waals surface area contributed by atoms with E-state index in [2.05, 4.69) is 29.1 Å². The highest BCUT2D eigenvalue weighted by atomic mass is 16.2. The van der Waals surface area contributed by atoms with E-state index in [1.54, 1.807) is 17.3 Å². The summed E-state index contributed by atoms with van der Waals surface area (Å²) in [5.74, 6) is 0.331. The minimum absolute atomic E-state index is 0.00223. The van der Waals surface area contributed by atoms with Crippen molar-refractivity contribution in [2.24, 2.45) is 11.3 Å². The lowest BCUT2D eigenvalue weighted by molar-refractivity contribution is -0.132. The lowest BCUT2D eigenvalue weighted by Crippen LogP contribution is -2.44. The fourth-order valence-electron chi connectivity index (χ4n) is 4.64. The van der Waals surface area contributed by atoms with Gasteiger partial charge in [0.15, 0.2) is 5.82 Å². The van der Waals surface area contributed by atoms with Gasteiger partial charge >= 0.3 is 0 Å². The van der Waals surface area contributed by atoms with Crippen molar-refractivity contribution in [3.05, 3.63) is 42.0 Å². The van der Waals surface area contributed by atoms with E-state index in [9.17, 15) is 9.59 Å². The molecule has 1 fully saturated rings. The van der Waals surface area contributed by atoms with Gasteiger partial charge in [0.05, 0.1) is 17.7 Å². The Morgan fingerprint density at radius 1 is 1.23 bits per heavy atom. The van der Waals surface area contributed by atoms with Crippen molar-refractivity contribution in [3.8, 4) is 11.4 Å². The molecule has 2 amide bonds. The molecule has 7 heteroatoms. The quantitative estimate of drug-likeness (QED) is 0.821. The van der Waals surface area contributed by atoms with Crippen molar-refractivity contribution < 1.29 is 9.59 Å². The Balaban J connectivity index is 1.56. The average Bonchev–Trinajstić information content (AvgIpc) is 3.09. The third-order valence-electron chi connectivity index (χ3n) is 6.24. The maximum atomic E-state index is 13.1. The minimum Gasteiger partial charge on any atom is -0.349 e. The van der Waals surface area contributed by atoms with Crippen molar-refractivity contribution in [1.29, 1.82) is 0 Å². The van der Waals surface area contributed by atoms with Crippen LogP contribution in [-0.4, -0.2) is 43.7 Å². The number of likely N-dealkylation sites (tertiary alicyclic amines) is 1. The Kier molecular flexibility index (Phi) is 5.31. The van der Waals surface area contributed by atoms with Gasteiger partial charge in [-0.05, 0) is 51.2 Å². The Morgan fingerprint density at radius 2 is 1.94 bits per heavy atom. The maximum absolute atomic E-state index is 13.1. The van der Waals surface area contributed by atoms with Gasteiger partial charge in [-0.15, -0.1) is 0 Å². The molecule has 31 heavy (non-hydrogen) atoms. The van der Waals surface area contributed by atoms with Crippen LogP contribution in [-0.2, 0) is 16.0 Å². The van der Waals surface area contributed by atoms with Crippen LogP contribution < -0.4 is 5.32 Å². The molecule has 0 spiro atoms. The fraction of sp³-hybridized carbons (Fsp3) is 0.542. The molecule has 1 aliphatic heterocycles. The largest absolute Gasteiger partial charge is 0.349 e. The van der Waals surface area contributed by atoms with Crippen LogP contribution in [0.4, 0.5) is 0 Å². The number of carbonyl (C=O) groups is 2. The number of nitrogens with one attached hydrogen (secondary N) is 1. The van der Waals surface area contributed by atoms with Crippen LogP contribution in [0.3, 0.4) is 0 Å². The summed E-state index contributed by atoms with van der Waals surface area (Å²) >= 11 is 0. The van der Waals surface area contributed by atoms with Crippen LogP contribution in [0.5, 0.6) is 0 Å². The molecule has 0 radical (unpaired) electrons. The van der Waals surface area contributed by atoms with Crippen LogP contribution in [0.25, 0.3) is 11.4 Å². The smallest absolute Gasteiger partial charge is 0.225 e. The van der Waals surface area contributed by atoms with E-state index < -0.39 is 0 Å². The second-order valence-electron chi connectivity index (χ2n) is 10.5. The third-order valence-corrected chi connectivity index (χ3v) is 6.24. The first-order valence-corrected chi connectivity index (χ1v) is 10.9. The summed E-state index contributed by atoms with van der Waals surface area (Å²) in [5, 5.41) is 3.22. The van der Waals surface area contributed by atoms with Gasteiger partial charge in [0.2, 0.25) is 11.8 Å². The summed E-state index contributed by atoms with van der Waals surface area (Å²) < 4.78 is 0. The van der Waals surface area contributed by atoms with E-state index in [0.29, 0.717) is 12.4 Å². The summed E-state index contributed by atoms with van der Waals surface area (Å²) in [6.45, 7) is 10.9. The van der Waals surface area contributed by atoms with Gasteiger partial charge in [-0.2, -0.15) is 0 Å². The number of carbonyl (C=O) groups excluding carboxylic acids is 2. The van der Waals surface area contributed by atoms with Crippen molar-refractivity contribution >= 4 is 11.8 Å². The third kappa shape index (κ3) is 4.45. The molecular formula is C24H31N5O2. The van der Waals surface area contributed by atoms with Crippen molar-refractivity contribution in [1.82, 2.24) is 25.2 Å². The summed E-state index contributed by atoms with van der Waals surface area (Å²) in [5.41, 5.74) is 2.60. The fourth-order valence-corrected chi connectivity index (χ4v) is 4.64. The average molecular weight is 422 g/mol. The number of aromatic nitrogens is 3. The van der Waals surface area contributed by atoms with Gasteiger partial charge in [0.1, 0.15) is 0 Å². The number of rotatable bonds is 3. The van der Waals surface area contributed by atoms with Crippen LogP contribution in [0.15, 0.2) is 30.7 Å². The summed E-state index contributed by atoms with van der Waals surface area (Å²) in [6, 6.07) is 3.64. The van der Waals surface area contributed by atoms with Gasteiger partial charge in [-0.3, -0.25) is 14.6 Å². The van der Waals surface area contributed by atoms with Crippen molar-refractivity contribution in [3.63, 3.8) is 0 Å². The van der Waals surface area contributed by atoms with Crippen LogP contribution in [0.2, 0.25) is 0 Å². The monoisotopic (exact) mass is 421 g/mol. The van der Waals surface area contributed by atoms with E-state index >= 15 is 0 Å². The zero-order valence-electron chi connectivity index (χ0n) is 19.0. The van der Waals surface area contributed by atoms with Gasteiger partial charge in [-0.25, -0.2) is 9.97 Å². The number of hydrogen-bond donors (Lipinski definition) is 1. The number of pyridine rings is 1. The topological polar surface area (TPSA) is 88.1 Å². The molecular weight excluding hydrogens is 390 g/mol. The highest BCUT2D eigenvalue weighted by molar-refractivity contribution is 5.89. The zero-order valence-corrected chi connectivity index (χ0v) is 19.0. The SMILES string of the molecule is CC1(C)Cc2nc(-c3ccncc3)ncc2C(NC(=O)C2CC(=O)N(C(C)(C)C)C2)C1. The Hall–Kier alpha value is -2.83. The number of nitrogens with zero attached hydrogens (tertiary/aromatic N) is 4. The molecule has 164 valence electrons. The molecule has 2 aromatic rings. The number of amides is 2. The van der Waals surface area contributed by atoms with Gasteiger partial charge in [-0.1, -0.05) is 13.8 Å². The Morgan fingerprint density at radius 3 is 2.58 bits per heavy atom. The highest BCUT2D eigenvalue weighted by Gasteiger charge is 2.41. The lowest BCUT2D eigenvalue weighted by Gasteiger charge is -2.37. The van der Waals surface area contributed by atoms with Crippen LogP contribution >= 0.6 is 0 Å². The van der Waals surface area contributed by atoms with E-state index in [4.69, 9.17) is 4.98 Å². The molecule has 2 unspecified atom stereocenters. The first kappa shape index (κ1) is 21.4. The predicted molar refractivity (Wildman–Crippen MR) is 118 cm³/mol. The second kappa shape index (κ2) is 7.70. The first-order chi connectivity index (χ1) is 14.5. The van der Waals surface area contributed by atoms with Gasteiger partial charge < -0.3 is 10.2 Å². The van der Waals surface area contributed by atoms with Crippen molar-refractivity contribution in [2.75, 3.05) is 6.54 Å². The number of hydrogen-bond acceptors (Lipinski definition) is 5. The summed E-state index contributed by atoms with van der Waals surface area (Å²) in [6.07, 6.45) is 7.22. The molecule has 1 N–H and O–H groups in total. The zero-order chi connectivity index (χ0) is 22.4. The molecule has 2 aliphatic rings. The van der Waals surface area contributed by atoms with Crippen LogP contribution in [0, 0.1) is 11.3 Å². The van der Waals surface area contributed by atoms with E-state index in [1.807, 2.05) is 39.1 Å². The molecule has 1 saturated heterocycles. The summed E-state index contributed by atoms with van der Waals surface area (Å²) in [4.78, 5) is 40.8. The molecule has 0 bridgehead atoms. The number of fused-ring (bicyclic) bond motifs is 1. The molecule has 0 aromatic carbocycles. The van der Waals surface area contributed by atoms with E-state index in [-0.39, 0.29) is 41.1 Å². The predicted octanol–water partition coefficient (Wildman–Crippen LogP) is 3.32. The highest BCUT2D eigenvalue weighted by Crippen LogP contribution is 2.40. The molecule has 2 aromatic heterocycles. The molecule has 2 atom stereocenters. The van der Waals surface area contributed by atoms with Gasteiger partial charge in [0, 0.05) is 48.2 Å². The molecule has 4 rings (SSSR count). The second-order valence-corrected chi connectivity index (χ2v) is 10.5. The summed E-state index contributed by atoms with van der Waals surface area (Å²) in [7, 11) is 0. The van der Waals surface area contributed by atoms with Crippen molar-refractivity contribution in [2.45, 2.75) is 65.5 Å². The van der Waals surface area contributed by atoms with E-state index in [1.165, 1.54) is 0 Å². The van der Waals surface area contributed by atoms with E-state index in [0.717, 1.165) is 29.7 Å². The molecule has 7 nitrogen and oxygen atoms in total. The Bertz CT molecular complexity index is 997. The molecule has 1 aliphatic carbocycles. The van der Waals surface area contributed by atoms with Crippen LogP contribution in [0.1, 0.15) is 64.8 Å². The normalized spacial score (nSPS) is 22.9. The minimum atomic E-state index is -0.322. The maximum Gasteiger partial charge on any atom is 0.225 e. The van der Waals surface area contributed by atoms with Gasteiger partial charge in [0.25, 0.3) is 0 Å². The molecule has 3 heterocycles. The molecule has 0 saturated carbocycles. The lowest BCUT2D eigenvalue weighted by atomic mass is 9.74. The Labute approximate surface area is 183 Å².